The van der Waals surface area contributed by atoms with Crippen molar-refractivity contribution in [1.29, 1.82) is 5.41 Å². The summed E-state index contributed by atoms with van der Waals surface area (Å²) in [6.07, 6.45) is 1.64. The van der Waals surface area contributed by atoms with Gasteiger partial charge < -0.3 is 15.7 Å². The molecule has 1 aliphatic carbocycles. The molecule has 0 bridgehead atoms. The van der Waals surface area contributed by atoms with E-state index in [0.29, 0.717) is 16.5 Å². The summed E-state index contributed by atoms with van der Waals surface area (Å²) in [5.74, 6) is 0.535. The van der Waals surface area contributed by atoms with Crippen molar-refractivity contribution in [2.24, 2.45) is 11.7 Å². The highest BCUT2D eigenvalue weighted by Crippen LogP contribution is 2.30. The van der Waals surface area contributed by atoms with E-state index < -0.39 is 0 Å². The number of halogens is 1. The SMILES string of the molecule is CN(CC1CC(O)C1)c1ccc(C(=N)N)c(Cl)c1. The third-order valence-electron chi connectivity index (χ3n) is 3.43. The predicted molar refractivity (Wildman–Crippen MR) is 74.5 cm³/mol. The Balaban J connectivity index is 2.04. The molecule has 2 rings (SSSR count). The van der Waals surface area contributed by atoms with Crippen LogP contribution >= 0.6 is 11.6 Å². The molecule has 0 atom stereocenters. The van der Waals surface area contributed by atoms with Crippen LogP contribution in [-0.2, 0) is 0 Å². The molecule has 4 N–H and O–H groups in total. The molecule has 1 aromatic rings. The second kappa shape index (κ2) is 5.16. The molecule has 1 aliphatic rings. The zero-order valence-electron chi connectivity index (χ0n) is 10.4. The highest BCUT2D eigenvalue weighted by atomic mass is 35.5. The monoisotopic (exact) mass is 267 g/mol. The van der Waals surface area contributed by atoms with Crippen LogP contribution in [0.4, 0.5) is 5.69 Å². The van der Waals surface area contributed by atoms with Gasteiger partial charge in [-0.15, -0.1) is 0 Å². The van der Waals surface area contributed by atoms with Crippen LogP contribution < -0.4 is 10.6 Å². The number of amidine groups is 1. The summed E-state index contributed by atoms with van der Waals surface area (Å²) < 4.78 is 0. The first kappa shape index (κ1) is 13.2. The number of nitrogens with zero attached hydrogens (tertiary/aromatic N) is 1. The van der Waals surface area contributed by atoms with Crippen molar-refractivity contribution in [2.75, 3.05) is 18.5 Å². The average Bonchev–Trinajstić information content (AvgIpc) is 2.26. The molecule has 1 aromatic carbocycles. The zero-order chi connectivity index (χ0) is 13.3. The molecular weight excluding hydrogens is 250 g/mol. The maximum Gasteiger partial charge on any atom is 0.124 e. The molecule has 1 fully saturated rings. The minimum atomic E-state index is -0.118. The van der Waals surface area contributed by atoms with E-state index in [4.69, 9.17) is 22.7 Å². The van der Waals surface area contributed by atoms with Crippen LogP contribution in [0.5, 0.6) is 0 Å². The lowest BCUT2D eigenvalue weighted by atomic mass is 9.82. The summed E-state index contributed by atoms with van der Waals surface area (Å²) in [5.41, 5.74) is 6.99. The van der Waals surface area contributed by atoms with Crippen molar-refractivity contribution in [3.05, 3.63) is 28.8 Å². The van der Waals surface area contributed by atoms with Crippen LogP contribution in [0.15, 0.2) is 18.2 Å². The van der Waals surface area contributed by atoms with Gasteiger partial charge in [0, 0.05) is 24.8 Å². The van der Waals surface area contributed by atoms with Crippen LogP contribution in [0.25, 0.3) is 0 Å². The predicted octanol–water partition coefficient (Wildman–Crippen LogP) is 1.83. The Bertz CT molecular complexity index is 458. The van der Waals surface area contributed by atoms with E-state index in [1.54, 1.807) is 6.07 Å². The number of nitrogens with one attached hydrogen (secondary N) is 1. The van der Waals surface area contributed by atoms with Crippen LogP contribution in [0.3, 0.4) is 0 Å². The normalized spacial score (nSPS) is 22.4. The number of hydrogen-bond acceptors (Lipinski definition) is 3. The molecule has 98 valence electrons. The van der Waals surface area contributed by atoms with Crippen LogP contribution in [0.1, 0.15) is 18.4 Å². The second-order valence-electron chi connectivity index (χ2n) is 4.95. The van der Waals surface area contributed by atoms with E-state index in [2.05, 4.69) is 4.90 Å². The summed E-state index contributed by atoms with van der Waals surface area (Å²) in [7, 11) is 2.00. The topological polar surface area (TPSA) is 73.3 Å². The maximum atomic E-state index is 9.27. The van der Waals surface area contributed by atoms with E-state index in [-0.39, 0.29) is 11.9 Å². The fraction of sp³-hybridized carbons (Fsp3) is 0.462. The molecule has 0 radical (unpaired) electrons. The number of nitrogen functional groups attached to an aromatic ring is 1. The van der Waals surface area contributed by atoms with Crippen molar-refractivity contribution in [2.45, 2.75) is 18.9 Å². The van der Waals surface area contributed by atoms with Gasteiger partial charge in [-0.25, -0.2) is 0 Å². The summed E-state index contributed by atoms with van der Waals surface area (Å²) in [6, 6.07) is 5.51. The van der Waals surface area contributed by atoms with Crippen molar-refractivity contribution in [1.82, 2.24) is 0 Å². The Morgan fingerprint density at radius 1 is 1.56 bits per heavy atom. The molecule has 0 aliphatic heterocycles. The Labute approximate surface area is 112 Å². The Morgan fingerprint density at radius 3 is 2.72 bits per heavy atom. The molecule has 0 saturated heterocycles. The molecule has 0 aromatic heterocycles. The van der Waals surface area contributed by atoms with Crippen molar-refractivity contribution in [3.8, 4) is 0 Å². The highest BCUT2D eigenvalue weighted by Gasteiger charge is 2.28. The van der Waals surface area contributed by atoms with Gasteiger partial charge in [-0.3, -0.25) is 5.41 Å². The number of anilines is 1. The van der Waals surface area contributed by atoms with Gasteiger partial charge in [0.1, 0.15) is 5.84 Å². The van der Waals surface area contributed by atoms with Gasteiger partial charge in [0.2, 0.25) is 0 Å². The molecule has 4 nitrogen and oxygen atoms in total. The quantitative estimate of drug-likeness (QED) is 0.576. The minimum Gasteiger partial charge on any atom is -0.393 e. The summed E-state index contributed by atoms with van der Waals surface area (Å²) in [4.78, 5) is 2.12. The third-order valence-corrected chi connectivity index (χ3v) is 3.74. The van der Waals surface area contributed by atoms with E-state index in [1.165, 1.54) is 0 Å². The average molecular weight is 268 g/mol. The summed E-state index contributed by atoms with van der Waals surface area (Å²) in [6.45, 7) is 0.910. The molecule has 5 heteroatoms. The van der Waals surface area contributed by atoms with Crippen LogP contribution in [0, 0.1) is 11.3 Å². The zero-order valence-corrected chi connectivity index (χ0v) is 11.1. The number of nitrogens with two attached hydrogens (primary N) is 1. The summed E-state index contributed by atoms with van der Waals surface area (Å²) >= 11 is 6.09. The number of aliphatic hydroxyl groups is 1. The highest BCUT2D eigenvalue weighted by molar-refractivity contribution is 6.34. The van der Waals surface area contributed by atoms with E-state index in [0.717, 1.165) is 25.1 Å². The third kappa shape index (κ3) is 2.76. The molecule has 18 heavy (non-hydrogen) atoms. The van der Waals surface area contributed by atoms with Gasteiger partial charge >= 0.3 is 0 Å². The van der Waals surface area contributed by atoms with Crippen molar-refractivity contribution in [3.63, 3.8) is 0 Å². The molecule has 0 heterocycles. The first-order chi connectivity index (χ1) is 8.47. The van der Waals surface area contributed by atoms with Gasteiger partial charge in [0.15, 0.2) is 0 Å². The lowest BCUT2D eigenvalue weighted by Crippen LogP contribution is -2.37. The van der Waals surface area contributed by atoms with Gasteiger partial charge in [-0.05, 0) is 37.0 Å². The van der Waals surface area contributed by atoms with E-state index in [1.807, 2.05) is 19.2 Å². The molecular formula is C13H18ClN3O. The number of hydrogen-bond donors (Lipinski definition) is 3. The van der Waals surface area contributed by atoms with E-state index >= 15 is 0 Å². The van der Waals surface area contributed by atoms with Gasteiger partial charge in [-0.1, -0.05) is 11.6 Å². The van der Waals surface area contributed by atoms with Gasteiger partial charge in [0.05, 0.1) is 11.1 Å². The molecule has 0 amide bonds. The standard InChI is InChI=1S/C13H18ClN3O/c1-17(7-8-4-10(18)5-8)9-2-3-11(13(15)16)12(14)6-9/h2-3,6,8,10,18H,4-5,7H2,1H3,(H3,15,16). The minimum absolute atomic E-state index is 0.0173. The molecule has 0 spiro atoms. The lowest BCUT2D eigenvalue weighted by Gasteiger charge is -2.35. The van der Waals surface area contributed by atoms with Crippen molar-refractivity contribution >= 4 is 23.1 Å². The van der Waals surface area contributed by atoms with Crippen LogP contribution in [0.2, 0.25) is 5.02 Å². The molecule has 0 unspecified atom stereocenters. The lowest BCUT2D eigenvalue weighted by molar-refractivity contribution is 0.0465. The number of rotatable bonds is 4. The fourth-order valence-electron chi connectivity index (χ4n) is 2.30. The first-order valence-electron chi connectivity index (χ1n) is 6.00. The Morgan fingerprint density at radius 2 is 2.22 bits per heavy atom. The Hall–Kier alpha value is -1.26. The fourth-order valence-corrected chi connectivity index (χ4v) is 2.58. The molecule has 1 saturated carbocycles. The number of aliphatic hydroxyl groups excluding tert-OH is 1. The Kier molecular flexibility index (Phi) is 3.78. The van der Waals surface area contributed by atoms with Crippen molar-refractivity contribution < 1.29 is 5.11 Å². The second-order valence-corrected chi connectivity index (χ2v) is 5.36. The summed E-state index contributed by atoms with van der Waals surface area (Å²) in [5, 5.41) is 17.1. The smallest absolute Gasteiger partial charge is 0.124 e. The first-order valence-corrected chi connectivity index (χ1v) is 6.38. The largest absolute Gasteiger partial charge is 0.393 e. The maximum absolute atomic E-state index is 9.27. The van der Waals surface area contributed by atoms with Gasteiger partial charge in [-0.2, -0.15) is 0 Å². The van der Waals surface area contributed by atoms with E-state index in [9.17, 15) is 5.11 Å². The van der Waals surface area contributed by atoms with Gasteiger partial charge in [0.25, 0.3) is 0 Å². The van der Waals surface area contributed by atoms with Crippen LogP contribution in [-0.4, -0.2) is 30.6 Å². The number of benzene rings is 1.